The summed E-state index contributed by atoms with van der Waals surface area (Å²) >= 11 is 0. The Bertz CT molecular complexity index is 1090. The van der Waals surface area contributed by atoms with E-state index in [9.17, 15) is 19.2 Å². The van der Waals surface area contributed by atoms with E-state index >= 15 is 0 Å². The zero-order chi connectivity index (χ0) is 22.1. The minimum Gasteiger partial charge on any atom is -0.323 e. The van der Waals surface area contributed by atoms with Crippen LogP contribution in [-0.4, -0.2) is 48.3 Å². The van der Waals surface area contributed by atoms with Crippen LogP contribution < -0.4 is 9.80 Å². The molecular weight excluding hydrogens is 400 g/mol. The molecular formula is C21H18N6O4. The van der Waals surface area contributed by atoms with Gasteiger partial charge in [0.15, 0.2) is 0 Å². The number of carbonyl (C=O) groups excluding carboxylic acids is 4. The summed E-state index contributed by atoms with van der Waals surface area (Å²) in [6, 6.07) is 15.0. The molecule has 2 saturated heterocycles. The second-order valence-electron chi connectivity index (χ2n) is 7.24. The Labute approximate surface area is 177 Å². The molecule has 2 aromatic rings. The first-order chi connectivity index (χ1) is 15.0. The molecule has 0 saturated carbocycles. The largest absolute Gasteiger partial charge is 0.337 e. The summed E-state index contributed by atoms with van der Waals surface area (Å²) in [5.74, 6) is -3.72. The molecule has 2 fully saturated rings. The van der Waals surface area contributed by atoms with Crippen LogP contribution in [-0.2, 0) is 14.4 Å². The van der Waals surface area contributed by atoms with Crippen LogP contribution >= 0.6 is 0 Å². The monoisotopic (exact) mass is 418 g/mol. The molecule has 4 amide bonds. The minimum atomic E-state index is -1.32. The van der Waals surface area contributed by atoms with Crippen molar-refractivity contribution in [2.24, 2.45) is 17.0 Å². The number of piperidine rings is 1. The predicted molar refractivity (Wildman–Crippen MR) is 111 cm³/mol. The molecule has 4 atom stereocenters. The molecule has 0 radical (unpaired) electrons. The number of anilines is 2. The molecule has 10 nitrogen and oxygen atoms in total. The van der Waals surface area contributed by atoms with E-state index in [0.29, 0.717) is 17.7 Å². The van der Waals surface area contributed by atoms with Gasteiger partial charge in [-0.15, -0.1) is 0 Å². The highest BCUT2D eigenvalue weighted by Crippen LogP contribution is 2.40. The molecule has 31 heavy (non-hydrogen) atoms. The van der Waals surface area contributed by atoms with Gasteiger partial charge in [-0.3, -0.25) is 14.5 Å². The average molecular weight is 418 g/mol. The third-order valence-electron chi connectivity index (χ3n) is 5.63. The Hall–Kier alpha value is -4.17. The van der Waals surface area contributed by atoms with E-state index in [1.807, 2.05) is 0 Å². The van der Waals surface area contributed by atoms with Gasteiger partial charge in [0, 0.05) is 17.6 Å². The lowest BCUT2D eigenvalue weighted by Gasteiger charge is -2.52. The summed E-state index contributed by atoms with van der Waals surface area (Å²) < 4.78 is 0. The van der Waals surface area contributed by atoms with Gasteiger partial charge in [-0.2, -0.15) is 0 Å². The maximum absolute atomic E-state index is 13.6. The fraction of sp³-hybridized carbons (Fsp3) is 0.238. The van der Waals surface area contributed by atoms with Gasteiger partial charge in [-0.25, -0.2) is 9.69 Å². The van der Waals surface area contributed by atoms with Crippen LogP contribution in [0.25, 0.3) is 10.4 Å². The van der Waals surface area contributed by atoms with E-state index in [2.05, 4.69) is 10.0 Å². The predicted octanol–water partition coefficient (Wildman–Crippen LogP) is 2.57. The van der Waals surface area contributed by atoms with Crippen LogP contribution in [0.4, 0.5) is 16.2 Å². The minimum absolute atomic E-state index is 0.332. The van der Waals surface area contributed by atoms with E-state index in [1.165, 1.54) is 16.8 Å². The molecule has 2 aliphatic heterocycles. The van der Waals surface area contributed by atoms with Gasteiger partial charge in [0.2, 0.25) is 11.8 Å². The first-order valence-electron chi connectivity index (χ1n) is 9.54. The summed E-state index contributed by atoms with van der Waals surface area (Å²) in [7, 11) is 1.43. The van der Waals surface area contributed by atoms with Gasteiger partial charge in [-0.05, 0) is 29.8 Å². The van der Waals surface area contributed by atoms with Crippen LogP contribution in [0.3, 0.4) is 0 Å². The highest BCUT2D eigenvalue weighted by Gasteiger charge is 2.58. The first kappa shape index (κ1) is 20.1. The molecule has 0 bridgehead atoms. The highest BCUT2D eigenvalue weighted by molar-refractivity contribution is 6.23. The molecule has 2 aliphatic rings. The molecule has 2 heterocycles. The number of aldehydes is 1. The van der Waals surface area contributed by atoms with Gasteiger partial charge in [0.25, 0.3) is 0 Å². The normalized spacial score (nSPS) is 25.7. The molecule has 4 unspecified atom stereocenters. The third kappa shape index (κ3) is 3.10. The maximum atomic E-state index is 13.6. The lowest BCUT2D eigenvalue weighted by Crippen LogP contribution is -2.73. The quantitative estimate of drug-likeness (QED) is 0.249. The Morgan fingerprint density at radius 3 is 2.06 bits per heavy atom. The molecule has 10 heteroatoms. The van der Waals surface area contributed by atoms with E-state index in [-0.39, 0.29) is 0 Å². The SMILES string of the molecule is CN1C(=O)C(C=O)C(N=[N+]=[N-])C2C(=O)N(c3ccccc3)C(=O)N(c3ccccc3)C21. The summed E-state index contributed by atoms with van der Waals surface area (Å²) in [6.07, 6.45) is -0.667. The number of hydrogen-bond acceptors (Lipinski definition) is 5. The van der Waals surface area contributed by atoms with E-state index in [4.69, 9.17) is 5.53 Å². The molecule has 0 N–H and O–H groups in total. The lowest BCUT2D eigenvalue weighted by molar-refractivity contribution is -0.149. The van der Waals surface area contributed by atoms with Gasteiger partial charge in [0.05, 0.1) is 17.6 Å². The fourth-order valence-electron chi connectivity index (χ4n) is 4.23. The maximum Gasteiger partial charge on any atom is 0.337 e. The number of azide groups is 1. The number of imide groups is 1. The van der Waals surface area contributed by atoms with Crippen LogP contribution in [0.15, 0.2) is 65.8 Å². The molecule has 0 aliphatic carbocycles. The van der Waals surface area contributed by atoms with Crippen LogP contribution in [0, 0.1) is 11.8 Å². The number of carbonyl (C=O) groups is 4. The lowest BCUT2D eigenvalue weighted by atomic mass is 9.79. The summed E-state index contributed by atoms with van der Waals surface area (Å²) in [4.78, 5) is 58.1. The van der Waals surface area contributed by atoms with Crippen molar-refractivity contribution in [3.05, 3.63) is 71.1 Å². The Morgan fingerprint density at radius 2 is 1.52 bits per heavy atom. The molecule has 0 spiro atoms. The van der Waals surface area contributed by atoms with Gasteiger partial charge in [-0.1, -0.05) is 41.5 Å². The summed E-state index contributed by atoms with van der Waals surface area (Å²) in [6.45, 7) is 0. The molecule has 156 valence electrons. The number of benzene rings is 2. The average Bonchev–Trinajstić information content (AvgIpc) is 2.79. The van der Waals surface area contributed by atoms with E-state index < -0.39 is 41.9 Å². The van der Waals surface area contributed by atoms with Crippen molar-refractivity contribution >= 4 is 35.5 Å². The van der Waals surface area contributed by atoms with Crippen molar-refractivity contribution < 1.29 is 19.2 Å². The van der Waals surface area contributed by atoms with E-state index in [1.54, 1.807) is 60.7 Å². The Kier molecular flexibility index (Phi) is 5.14. The van der Waals surface area contributed by atoms with Crippen molar-refractivity contribution in [3.63, 3.8) is 0 Å². The topological polar surface area (TPSA) is 127 Å². The smallest absolute Gasteiger partial charge is 0.323 e. The number of hydrogen-bond donors (Lipinski definition) is 0. The number of urea groups is 1. The van der Waals surface area contributed by atoms with Gasteiger partial charge >= 0.3 is 6.03 Å². The second kappa shape index (κ2) is 7.92. The number of amides is 4. The first-order valence-corrected chi connectivity index (χ1v) is 9.54. The zero-order valence-electron chi connectivity index (χ0n) is 16.5. The third-order valence-corrected chi connectivity index (χ3v) is 5.63. The molecule has 0 aromatic heterocycles. The highest BCUT2D eigenvalue weighted by atomic mass is 16.2. The van der Waals surface area contributed by atoms with Gasteiger partial charge in [0.1, 0.15) is 18.4 Å². The van der Waals surface area contributed by atoms with Crippen LogP contribution in [0.2, 0.25) is 0 Å². The Morgan fingerprint density at radius 1 is 0.935 bits per heavy atom. The number of fused-ring (bicyclic) bond motifs is 1. The van der Waals surface area contributed by atoms with Crippen LogP contribution in [0.1, 0.15) is 0 Å². The zero-order valence-corrected chi connectivity index (χ0v) is 16.5. The number of rotatable bonds is 4. The fourth-order valence-corrected chi connectivity index (χ4v) is 4.23. The Balaban J connectivity index is 1.94. The summed E-state index contributed by atoms with van der Waals surface area (Å²) in [5, 5.41) is 3.65. The second-order valence-corrected chi connectivity index (χ2v) is 7.24. The van der Waals surface area contributed by atoms with Crippen molar-refractivity contribution in [2.75, 3.05) is 16.8 Å². The standard InChI is InChI=1S/C21H18N6O4/c1-25-18-16(17(23-24-22)15(12-28)19(25)29)20(30)27(14-10-6-3-7-11-14)21(31)26(18)13-8-4-2-5-9-13/h2-12,15-18H,1H3. The number of para-hydroxylation sites is 2. The number of likely N-dealkylation sites (tertiary alicyclic amines) is 1. The van der Waals surface area contributed by atoms with Crippen LogP contribution in [0.5, 0.6) is 0 Å². The van der Waals surface area contributed by atoms with Crippen molar-refractivity contribution in [1.82, 2.24) is 4.90 Å². The van der Waals surface area contributed by atoms with Crippen molar-refractivity contribution in [2.45, 2.75) is 12.2 Å². The summed E-state index contributed by atoms with van der Waals surface area (Å²) in [5.41, 5.74) is 9.88. The molecule has 2 aromatic carbocycles. The van der Waals surface area contributed by atoms with Crippen molar-refractivity contribution in [1.29, 1.82) is 0 Å². The molecule has 4 rings (SSSR count). The van der Waals surface area contributed by atoms with Gasteiger partial charge < -0.3 is 9.69 Å². The van der Waals surface area contributed by atoms with E-state index in [0.717, 1.165) is 4.90 Å². The number of nitrogens with zero attached hydrogens (tertiary/aromatic N) is 6. The van der Waals surface area contributed by atoms with Crippen molar-refractivity contribution in [3.8, 4) is 0 Å².